The zero-order chi connectivity index (χ0) is 14.3. The summed E-state index contributed by atoms with van der Waals surface area (Å²) < 4.78 is 5.60. The molecule has 0 spiro atoms. The molecule has 0 unspecified atom stereocenters. The molecule has 104 valence electrons. The third-order valence-corrected chi connectivity index (χ3v) is 2.79. The summed E-state index contributed by atoms with van der Waals surface area (Å²) in [4.78, 5) is 29.2. The fourth-order valence-electron chi connectivity index (χ4n) is 1.60. The molecule has 0 fully saturated rings. The number of carbonyl (C=O) groups is 2. The summed E-state index contributed by atoms with van der Waals surface area (Å²) in [5, 5.41) is 0. The van der Waals surface area contributed by atoms with Gasteiger partial charge in [-0.15, -0.1) is 0 Å². The molecular weight excluding hydrogens is 312 g/mol. The number of amides is 1. The highest BCUT2D eigenvalue weighted by molar-refractivity contribution is 9.10. The maximum atomic E-state index is 12.3. The zero-order valence-electron chi connectivity index (χ0n) is 11.1. The average molecular weight is 329 g/mol. The third kappa shape index (κ3) is 4.98. The molecule has 0 saturated heterocycles. The molecule has 0 atom stereocenters. The summed E-state index contributed by atoms with van der Waals surface area (Å²) in [5.74, 6) is -0.615. The number of hydrogen-bond acceptors (Lipinski definition) is 4. The van der Waals surface area contributed by atoms with Crippen molar-refractivity contribution in [2.24, 2.45) is 0 Å². The van der Waals surface area contributed by atoms with Gasteiger partial charge in [0, 0.05) is 23.4 Å². The van der Waals surface area contributed by atoms with Crippen LogP contribution in [0.3, 0.4) is 0 Å². The molecule has 0 radical (unpaired) electrons. The molecule has 0 bridgehead atoms. The Balaban J connectivity index is 2.80. The van der Waals surface area contributed by atoms with Crippen LogP contribution in [0.1, 0.15) is 30.6 Å². The van der Waals surface area contributed by atoms with E-state index >= 15 is 0 Å². The van der Waals surface area contributed by atoms with Crippen molar-refractivity contribution in [2.45, 2.75) is 20.3 Å². The Morgan fingerprint density at radius 1 is 1.37 bits per heavy atom. The highest BCUT2D eigenvalue weighted by Crippen LogP contribution is 2.12. The number of carbonyl (C=O) groups excluding carboxylic acids is 2. The smallest absolute Gasteiger partial charge is 0.325 e. The second-order valence-corrected chi connectivity index (χ2v) is 4.84. The Morgan fingerprint density at radius 2 is 2.11 bits per heavy atom. The van der Waals surface area contributed by atoms with Gasteiger partial charge in [0.1, 0.15) is 6.54 Å². The third-order valence-electron chi connectivity index (χ3n) is 2.36. The van der Waals surface area contributed by atoms with E-state index < -0.39 is 5.97 Å². The molecule has 0 aliphatic rings. The maximum absolute atomic E-state index is 12.3. The van der Waals surface area contributed by atoms with E-state index in [2.05, 4.69) is 20.9 Å². The number of aromatic nitrogens is 1. The lowest BCUT2D eigenvalue weighted by Crippen LogP contribution is -2.37. The molecular formula is C13H17BrN2O3. The Kier molecular flexibility index (Phi) is 6.49. The predicted molar refractivity (Wildman–Crippen MR) is 74.8 cm³/mol. The fourth-order valence-corrected chi connectivity index (χ4v) is 1.96. The standard InChI is InChI=1S/C13H17BrN2O3/c1-3-5-16(9-12(17)19-4-2)13(18)10-6-11(14)8-15-7-10/h6-8H,3-5,9H2,1-2H3. The fraction of sp³-hybridized carbons (Fsp3) is 0.462. The van der Waals surface area contributed by atoms with Gasteiger partial charge >= 0.3 is 5.97 Å². The number of halogens is 1. The van der Waals surface area contributed by atoms with Crippen LogP contribution in [0.4, 0.5) is 0 Å². The van der Waals surface area contributed by atoms with Crippen molar-refractivity contribution in [3.05, 3.63) is 28.5 Å². The minimum absolute atomic E-state index is 0.0347. The van der Waals surface area contributed by atoms with Gasteiger partial charge in [-0.1, -0.05) is 6.92 Å². The van der Waals surface area contributed by atoms with Gasteiger partial charge in [-0.2, -0.15) is 0 Å². The average Bonchev–Trinajstić information content (AvgIpc) is 2.37. The van der Waals surface area contributed by atoms with Gasteiger partial charge in [-0.3, -0.25) is 14.6 Å². The van der Waals surface area contributed by atoms with Crippen molar-refractivity contribution >= 4 is 27.8 Å². The highest BCUT2D eigenvalue weighted by Gasteiger charge is 2.19. The van der Waals surface area contributed by atoms with Crippen LogP contribution >= 0.6 is 15.9 Å². The summed E-state index contributed by atoms with van der Waals surface area (Å²) >= 11 is 3.27. The Morgan fingerprint density at radius 3 is 2.68 bits per heavy atom. The number of hydrogen-bond donors (Lipinski definition) is 0. The van der Waals surface area contributed by atoms with E-state index in [1.54, 1.807) is 19.2 Å². The summed E-state index contributed by atoms with van der Waals surface area (Å²) in [6.07, 6.45) is 3.86. The number of esters is 1. The molecule has 1 rings (SSSR count). The molecule has 0 aliphatic heterocycles. The normalized spacial score (nSPS) is 10.1. The Hall–Kier alpha value is -1.43. The molecule has 6 heteroatoms. The topological polar surface area (TPSA) is 59.5 Å². The van der Waals surface area contributed by atoms with Gasteiger partial charge in [0.25, 0.3) is 5.91 Å². The highest BCUT2D eigenvalue weighted by atomic mass is 79.9. The lowest BCUT2D eigenvalue weighted by atomic mass is 10.2. The lowest BCUT2D eigenvalue weighted by molar-refractivity contribution is -0.143. The van der Waals surface area contributed by atoms with Crippen LogP contribution in [-0.2, 0) is 9.53 Å². The Labute approximate surface area is 121 Å². The monoisotopic (exact) mass is 328 g/mol. The maximum Gasteiger partial charge on any atom is 0.325 e. The molecule has 0 saturated carbocycles. The van der Waals surface area contributed by atoms with Crippen molar-refractivity contribution < 1.29 is 14.3 Å². The first-order chi connectivity index (χ1) is 9.08. The van der Waals surface area contributed by atoms with E-state index in [0.717, 1.165) is 10.9 Å². The van der Waals surface area contributed by atoms with E-state index in [1.165, 1.54) is 11.1 Å². The van der Waals surface area contributed by atoms with Gasteiger partial charge in [-0.05, 0) is 35.3 Å². The van der Waals surface area contributed by atoms with Gasteiger partial charge < -0.3 is 9.64 Å². The Bertz CT molecular complexity index is 451. The number of pyridine rings is 1. The summed E-state index contributed by atoms with van der Waals surface area (Å²) in [6.45, 7) is 4.47. The van der Waals surface area contributed by atoms with Gasteiger partial charge in [0.05, 0.1) is 12.2 Å². The zero-order valence-corrected chi connectivity index (χ0v) is 12.6. The van der Waals surface area contributed by atoms with Crippen molar-refractivity contribution in [3.8, 4) is 0 Å². The predicted octanol–water partition coefficient (Wildman–Crippen LogP) is 2.26. The van der Waals surface area contributed by atoms with Crippen LogP contribution < -0.4 is 0 Å². The van der Waals surface area contributed by atoms with Crippen molar-refractivity contribution in [1.29, 1.82) is 0 Å². The van der Waals surface area contributed by atoms with Gasteiger partial charge in [0.2, 0.25) is 0 Å². The molecule has 0 N–H and O–H groups in total. The molecule has 5 nitrogen and oxygen atoms in total. The van der Waals surface area contributed by atoms with Crippen LogP contribution in [0.5, 0.6) is 0 Å². The van der Waals surface area contributed by atoms with E-state index in [1.807, 2.05) is 6.92 Å². The van der Waals surface area contributed by atoms with Crippen molar-refractivity contribution in [2.75, 3.05) is 19.7 Å². The van der Waals surface area contributed by atoms with E-state index in [0.29, 0.717) is 18.7 Å². The summed E-state index contributed by atoms with van der Waals surface area (Å²) in [6, 6.07) is 1.68. The molecule has 1 aromatic heterocycles. The van der Waals surface area contributed by atoms with Gasteiger partial charge in [-0.25, -0.2) is 0 Å². The first-order valence-corrected chi connectivity index (χ1v) is 6.93. The minimum atomic E-state index is -0.396. The van der Waals surface area contributed by atoms with Crippen LogP contribution in [0, 0.1) is 0 Å². The van der Waals surface area contributed by atoms with E-state index in [-0.39, 0.29) is 12.5 Å². The molecule has 1 heterocycles. The summed E-state index contributed by atoms with van der Waals surface area (Å²) in [7, 11) is 0. The van der Waals surface area contributed by atoms with Crippen molar-refractivity contribution in [1.82, 2.24) is 9.88 Å². The largest absolute Gasteiger partial charge is 0.465 e. The molecule has 1 amide bonds. The number of nitrogens with zero attached hydrogens (tertiary/aromatic N) is 2. The number of ether oxygens (including phenoxy) is 1. The minimum Gasteiger partial charge on any atom is -0.465 e. The van der Waals surface area contributed by atoms with Crippen LogP contribution in [0.2, 0.25) is 0 Å². The number of rotatable bonds is 6. The van der Waals surface area contributed by atoms with Crippen LogP contribution in [-0.4, -0.2) is 41.5 Å². The first-order valence-electron chi connectivity index (χ1n) is 6.13. The summed E-state index contributed by atoms with van der Waals surface area (Å²) in [5.41, 5.74) is 0.451. The van der Waals surface area contributed by atoms with Crippen molar-refractivity contribution in [3.63, 3.8) is 0 Å². The van der Waals surface area contributed by atoms with E-state index in [4.69, 9.17) is 4.74 Å². The SMILES string of the molecule is CCCN(CC(=O)OCC)C(=O)c1cncc(Br)c1. The molecule has 0 aromatic carbocycles. The quantitative estimate of drug-likeness (QED) is 0.751. The first kappa shape index (κ1) is 15.6. The van der Waals surface area contributed by atoms with Crippen LogP contribution in [0.15, 0.2) is 22.9 Å². The lowest BCUT2D eigenvalue weighted by Gasteiger charge is -2.21. The molecule has 0 aliphatic carbocycles. The van der Waals surface area contributed by atoms with E-state index in [9.17, 15) is 9.59 Å². The molecule has 1 aromatic rings. The second-order valence-electron chi connectivity index (χ2n) is 3.92. The molecule has 19 heavy (non-hydrogen) atoms. The van der Waals surface area contributed by atoms with Gasteiger partial charge in [0.15, 0.2) is 0 Å². The second kappa shape index (κ2) is 7.89. The van der Waals surface area contributed by atoms with Crippen LogP contribution in [0.25, 0.3) is 0 Å².